The van der Waals surface area contributed by atoms with Crippen LogP contribution >= 0.6 is 23.2 Å². The molecule has 2 aromatic rings. The highest BCUT2D eigenvalue weighted by atomic mass is 35.5. The standard InChI is InChI=1S/C26H28Cl2N4O4/c1-4-11-30-16-24(33)31-22(12-18-7-5-17(2)6-8-18)25(34)29(15-23(31)32(30)26(35)36-3)14-19-9-10-20(27)13-21(19)28/h4-10,13,22-23H,1,11-12,14-16H2,2-3H3/t22-,23?/m0/s1. The lowest BCUT2D eigenvalue weighted by molar-refractivity contribution is -0.192. The molecule has 2 aromatic carbocycles. The second kappa shape index (κ2) is 10.9. The number of hydrogen-bond donors (Lipinski definition) is 0. The predicted octanol–water partition coefficient (Wildman–Crippen LogP) is 3.90. The van der Waals surface area contributed by atoms with Crippen LogP contribution in [-0.4, -0.2) is 76.7 Å². The van der Waals surface area contributed by atoms with Gasteiger partial charge in [-0.25, -0.2) is 14.8 Å². The molecule has 0 radical (unpaired) electrons. The van der Waals surface area contributed by atoms with Crippen LogP contribution in [0.3, 0.4) is 0 Å². The molecule has 0 aromatic heterocycles. The van der Waals surface area contributed by atoms with Gasteiger partial charge in [0.05, 0.1) is 20.2 Å². The molecule has 3 amide bonds. The Morgan fingerprint density at radius 1 is 1.17 bits per heavy atom. The molecule has 8 nitrogen and oxygen atoms in total. The molecule has 1 unspecified atom stereocenters. The topological polar surface area (TPSA) is 73.4 Å². The zero-order chi connectivity index (χ0) is 26.0. The molecule has 2 heterocycles. The first-order valence-corrected chi connectivity index (χ1v) is 12.3. The number of piperazine rings is 1. The minimum atomic E-state index is -0.803. The summed E-state index contributed by atoms with van der Waals surface area (Å²) in [5.41, 5.74) is 2.72. The number of nitrogens with zero attached hydrogens (tertiary/aromatic N) is 4. The Bertz CT molecular complexity index is 1170. The average molecular weight is 531 g/mol. The minimum absolute atomic E-state index is 0.0711. The zero-order valence-corrected chi connectivity index (χ0v) is 21.7. The number of benzene rings is 2. The summed E-state index contributed by atoms with van der Waals surface area (Å²) < 4.78 is 5.06. The Kier molecular flexibility index (Phi) is 7.88. The van der Waals surface area contributed by atoms with Crippen molar-refractivity contribution in [3.8, 4) is 0 Å². The van der Waals surface area contributed by atoms with Crippen LogP contribution < -0.4 is 0 Å². The van der Waals surface area contributed by atoms with E-state index >= 15 is 0 Å². The van der Waals surface area contributed by atoms with Gasteiger partial charge in [-0.05, 0) is 30.2 Å². The summed E-state index contributed by atoms with van der Waals surface area (Å²) in [4.78, 5) is 43.3. The molecular formula is C26H28Cl2N4O4. The number of carbonyl (C=O) groups is 3. The second-order valence-electron chi connectivity index (χ2n) is 8.89. The molecule has 0 N–H and O–H groups in total. The summed E-state index contributed by atoms with van der Waals surface area (Å²) in [6.07, 6.45) is 0.551. The van der Waals surface area contributed by atoms with Gasteiger partial charge in [-0.1, -0.05) is 65.2 Å². The molecule has 2 aliphatic heterocycles. The monoisotopic (exact) mass is 530 g/mol. The van der Waals surface area contributed by atoms with Crippen molar-refractivity contribution in [3.63, 3.8) is 0 Å². The van der Waals surface area contributed by atoms with Gasteiger partial charge in [0, 0.05) is 29.6 Å². The number of methoxy groups -OCH3 is 1. The average Bonchev–Trinajstić information content (AvgIpc) is 2.84. The Morgan fingerprint density at radius 3 is 2.53 bits per heavy atom. The van der Waals surface area contributed by atoms with Gasteiger partial charge in [-0.3, -0.25) is 9.59 Å². The summed E-state index contributed by atoms with van der Waals surface area (Å²) in [5.74, 6) is -0.454. The molecule has 4 rings (SSSR count). The molecule has 2 saturated heterocycles. The zero-order valence-electron chi connectivity index (χ0n) is 20.2. The van der Waals surface area contributed by atoms with E-state index in [0.29, 0.717) is 22.0 Å². The third-order valence-electron chi connectivity index (χ3n) is 6.46. The van der Waals surface area contributed by atoms with Crippen molar-refractivity contribution in [2.75, 3.05) is 26.7 Å². The van der Waals surface area contributed by atoms with E-state index in [4.69, 9.17) is 27.9 Å². The van der Waals surface area contributed by atoms with Gasteiger partial charge < -0.3 is 14.5 Å². The van der Waals surface area contributed by atoms with E-state index in [9.17, 15) is 14.4 Å². The third-order valence-corrected chi connectivity index (χ3v) is 7.04. The van der Waals surface area contributed by atoms with Crippen molar-refractivity contribution in [1.82, 2.24) is 19.8 Å². The fourth-order valence-corrected chi connectivity index (χ4v) is 5.18. The number of aryl methyl sites for hydroxylation is 1. The number of halogens is 2. The first-order valence-electron chi connectivity index (χ1n) is 11.6. The van der Waals surface area contributed by atoms with Crippen LogP contribution in [0.4, 0.5) is 4.79 Å². The van der Waals surface area contributed by atoms with Crippen LogP contribution in [0.15, 0.2) is 55.1 Å². The van der Waals surface area contributed by atoms with Gasteiger partial charge in [0.2, 0.25) is 11.8 Å². The van der Waals surface area contributed by atoms with Crippen molar-refractivity contribution in [2.24, 2.45) is 0 Å². The largest absolute Gasteiger partial charge is 0.452 e. The molecule has 0 bridgehead atoms. The van der Waals surface area contributed by atoms with Crippen LogP contribution in [0.2, 0.25) is 10.0 Å². The Balaban J connectivity index is 1.74. The molecule has 36 heavy (non-hydrogen) atoms. The van der Waals surface area contributed by atoms with E-state index < -0.39 is 18.3 Å². The molecule has 10 heteroatoms. The van der Waals surface area contributed by atoms with Crippen LogP contribution in [0.1, 0.15) is 16.7 Å². The van der Waals surface area contributed by atoms with Gasteiger partial charge >= 0.3 is 6.09 Å². The molecule has 0 saturated carbocycles. The molecule has 0 spiro atoms. The maximum atomic E-state index is 13.8. The predicted molar refractivity (Wildman–Crippen MR) is 137 cm³/mol. The van der Waals surface area contributed by atoms with Crippen LogP contribution in [0.5, 0.6) is 0 Å². The summed E-state index contributed by atoms with van der Waals surface area (Å²) in [7, 11) is 1.29. The smallest absolute Gasteiger partial charge is 0.426 e. The molecule has 190 valence electrons. The number of amides is 3. The number of ether oxygens (including phenoxy) is 1. The van der Waals surface area contributed by atoms with E-state index in [1.54, 1.807) is 34.2 Å². The number of carbonyl (C=O) groups excluding carboxylic acids is 3. The van der Waals surface area contributed by atoms with Gasteiger partial charge in [0.1, 0.15) is 12.2 Å². The summed E-state index contributed by atoms with van der Waals surface area (Å²) in [5, 5.41) is 3.93. The van der Waals surface area contributed by atoms with Crippen molar-refractivity contribution in [1.29, 1.82) is 0 Å². The van der Waals surface area contributed by atoms with Gasteiger partial charge in [-0.15, -0.1) is 6.58 Å². The lowest BCUT2D eigenvalue weighted by Gasteiger charge is -2.54. The Labute approximate surface area is 220 Å². The van der Waals surface area contributed by atoms with E-state index in [1.165, 1.54) is 17.0 Å². The molecule has 2 atom stereocenters. The summed E-state index contributed by atoms with van der Waals surface area (Å²) in [6, 6.07) is 12.1. The van der Waals surface area contributed by atoms with E-state index in [1.807, 2.05) is 31.2 Å². The molecule has 2 aliphatic rings. The van der Waals surface area contributed by atoms with E-state index in [-0.39, 0.29) is 38.0 Å². The first-order chi connectivity index (χ1) is 17.2. The van der Waals surface area contributed by atoms with Gasteiger partial charge in [0.25, 0.3) is 0 Å². The van der Waals surface area contributed by atoms with Crippen molar-refractivity contribution in [3.05, 3.63) is 81.9 Å². The molecule has 2 fully saturated rings. The first kappa shape index (κ1) is 26.0. The minimum Gasteiger partial charge on any atom is -0.452 e. The maximum absolute atomic E-state index is 13.8. The van der Waals surface area contributed by atoms with Crippen molar-refractivity contribution >= 4 is 41.1 Å². The second-order valence-corrected chi connectivity index (χ2v) is 9.74. The fraction of sp³-hybridized carbons (Fsp3) is 0.346. The Morgan fingerprint density at radius 2 is 1.89 bits per heavy atom. The van der Waals surface area contributed by atoms with Crippen LogP contribution in [0.25, 0.3) is 0 Å². The van der Waals surface area contributed by atoms with Crippen LogP contribution in [-0.2, 0) is 27.3 Å². The van der Waals surface area contributed by atoms with Crippen LogP contribution in [0, 0.1) is 6.92 Å². The normalized spacial score (nSPS) is 20.4. The van der Waals surface area contributed by atoms with Crippen molar-refractivity contribution in [2.45, 2.75) is 32.1 Å². The third kappa shape index (κ3) is 5.21. The van der Waals surface area contributed by atoms with Gasteiger partial charge in [-0.2, -0.15) is 0 Å². The quantitative estimate of drug-likeness (QED) is 0.529. The number of hydrogen-bond acceptors (Lipinski definition) is 5. The highest BCUT2D eigenvalue weighted by molar-refractivity contribution is 6.35. The lowest BCUT2D eigenvalue weighted by atomic mass is 9.98. The highest BCUT2D eigenvalue weighted by Gasteiger charge is 2.51. The maximum Gasteiger partial charge on any atom is 0.426 e. The number of fused-ring (bicyclic) bond motifs is 1. The lowest BCUT2D eigenvalue weighted by Crippen LogP contribution is -2.75. The SMILES string of the molecule is C=CCN1CC(=O)N2C(CN(Cc3ccc(Cl)cc3Cl)C(=O)[C@@H]2Cc2ccc(C)cc2)N1C(=O)OC. The number of hydrazine groups is 1. The summed E-state index contributed by atoms with van der Waals surface area (Å²) in [6.45, 7) is 6.23. The summed E-state index contributed by atoms with van der Waals surface area (Å²) >= 11 is 12.5. The number of rotatable bonds is 6. The van der Waals surface area contributed by atoms with Gasteiger partial charge in [0.15, 0.2) is 0 Å². The molecule has 0 aliphatic carbocycles. The van der Waals surface area contributed by atoms with E-state index in [2.05, 4.69) is 6.58 Å². The van der Waals surface area contributed by atoms with Crippen molar-refractivity contribution < 1.29 is 19.1 Å². The fourth-order valence-electron chi connectivity index (χ4n) is 4.71. The molecular weight excluding hydrogens is 503 g/mol. The Hall–Kier alpha value is -3.07. The van der Waals surface area contributed by atoms with E-state index in [0.717, 1.165) is 11.1 Å². The highest BCUT2D eigenvalue weighted by Crippen LogP contribution is 2.31.